The largest absolute Gasteiger partial charge is 0.368 e. The highest BCUT2D eigenvalue weighted by Crippen LogP contribution is 2.20. The number of sulfonamides is 1. The highest BCUT2D eigenvalue weighted by atomic mass is 32.2. The van der Waals surface area contributed by atoms with Crippen LogP contribution in [0.2, 0.25) is 0 Å². The fraction of sp³-hybridized carbons (Fsp3) is 0.429. The molecule has 10 nitrogen and oxygen atoms in total. The van der Waals surface area contributed by atoms with Crippen molar-refractivity contribution in [2.45, 2.75) is 0 Å². The predicted molar refractivity (Wildman–Crippen MR) is 64.4 cm³/mol. The number of nitrogens with two attached hydrogens (primary N) is 1. The topological polar surface area (TPSA) is 153 Å². The van der Waals surface area contributed by atoms with Crippen LogP contribution in [0.5, 0.6) is 0 Å². The Morgan fingerprint density at radius 1 is 1.50 bits per heavy atom. The number of nitrogen functional groups attached to an aromatic ring is 1. The van der Waals surface area contributed by atoms with Crippen LogP contribution in [-0.2, 0) is 10.0 Å². The maximum Gasteiger partial charge on any atom is 0.329 e. The highest BCUT2D eigenvalue weighted by molar-refractivity contribution is 7.88. The van der Waals surface area contributed by atoms with Crippen molar-refractivity contribution in [3.8, 4) is 0 Å². The first-order valence-electron chi connectivity index (χ1n) is 4.75. The molecular weight excluding hydrogens is 264 g/mol. The summed E-state index contributed by atoms with van der Waals surface area (Å²) in [4.78, 5) is 17.2. The number of nitrogens with zero attached hydrogens (tertiary/aromatic N) is 3. The molecule has 1 aromatic rings. The van der Waals surface area contributed by atoms with Gasteiger partial charge in [0.1, 0.15) is 6.20 Å². The third kappa shape index (κ3) is 4.47. The maximum atomic E-state index is 10.8. The van der Waals surface area contributed by atoms with Gasteiger partial charge in [0.15, 0.2) is 0 Å². The van der Waals surface area contributed by atoms with E-state index in [1.165, 1.54) is 0 Å². The van der Waals surface area contributed by atoms with Crippen LogP contribution in [0.1, 0.15) is 0 Å². The van der Waals surface area contributed by atoms with Gasteiger partial charge < -0.3 is 11.1 Å². The van der Waals surface area contributed by atoms with Crippen molar-refractivity contribution >= 4 is 27.5 Å². The summed E-state index contributed by atoms with van der Waals surface area (Å²) < 4.78 is 23.8. The Hall–Kier alpha value is -2.01. The van der Waals surface area contributed by atoms with Gasteiger partial charge in [-0.2, -0.15) is 4.98 Å². The summed E-state index contributed by atoms with van der Waals surface area (Å²) in [6.45, 7) is 0.199. The summed E-state index contributed by atoms with van der Waals surface area (Å²) in [5, 5.41) is 13.3. The minimum absolute atomic E-state index is 0.0530. The van der Waals surface area contributed by atoms with E-state index in [0.29, 0.717) is 0 Å². The Balaban J connectivity index is 2.66. The lowest BCUT2D eigenvalue weighted by Gasteiger charge is -2.06. The van der Waals surface area contributed by atoms with Crippen molar-refractivity contribution in [3.05, 3.63) is 16.3 Å². The first-order chi connectivity index (χ1) is 8.29. The second-order valence-electron chi connectivity index (χ2n) is 3.31. The van der Waals surface area contributed by atoms with Gasteiger partial charge in [0.2, 0.25) is 21.8 Å². The lowest BCUT2D eigenvalue weighted by Crippen LogP contribution is -2.28. The zero-order chi connectivity index (χ0) is 13.8. The Bertz CT molecular complexity index is 545. The molecule has 18 heavy (non-hydrogen) atoms. The van der Waals surface area contributed by atoms with E-state index >= 15 is 0 Å². The second-order valence-corrected chi connectivity index (χ2v) is 5.15. The summed E-state index contributed by atoms with van der Waals surface area (Å²) in [5.74, 6) is -0.165. The average molecular weight is 276 g/mol. The van der Waals surface area contributed by atoms with Gasteiger partial charge in [-0.3, -0.25) is 10.1 Å². The SMILES string of the molecule is CS(=O)(=O)NCCNc1nc(N)ncc1[N+](=O)[O-]. The van der Waals surface area contributed by atoms with E-state index in [1.54, 1.807) is 0 Å². The van der Waals surface area contributed by atoms with E-state index in [2.05, 4.69) is 20.0 Å². The number of nitro groups is 1. The van der Waals surface area contributed by atoms with Gasteiger partial charge >= 0.3 is 5.69 Å². The molecule has 0 aliphatic carbocycles. The van der Waals surface area contributed by atoms with Crippen molar-refractivity contribution in [1.29, 1.82) is 0 Å². The van der Waals surface area contributed by atoms with Crippen LogP contribution in [0, 0.1) is 10.1 Å². The summed E-state index contributed by atoms with van der Waals surface area (Å²) >= 11 is 0. The van der Waals surface area contributed by atoms with E-state index in [1.807, 2.05) is 0 Å². The quantitative estimate of drug-likeness (QED) is 0.337. The van der Waals surface area contributed by atoms with E-state index < -0.39 is 14.9 Å². The molecule has 4 N–H and O–H groups in total. The molecule has 100 valence electrons. The van der Waals surface area contributed by atoms with Gasteiger partial charge in [0, 0.05) is 13.1 Å². The number of hydrogen-bond acceptors (Lipinski definition) is 8. The number of anilines is 2. The maximum absolute atomic E-state index is 10.8. The summed E-state index contributed by atoms with van der Waals surface area (Å²) in [6, 6.07) is 0. The van der Waals surface area contributed by atoms with Crippen LogP contribution in [-0.4, -0.2) is 42.7 Å². The molecule has 0 aliphatic rings. The smallest absolute Gasteiger partial charge is 0.329 e. The number of rotatable bonds is 6. The van der Waals surface area contributed by atoms with Crippen LogP contribution in [0.3, 0.4) is 0 Å². The van der Waals surface area contributed by atoms with Crippen LogP contribution in [0.25, 0.3) is 0 Å². The molecule has 0 radical (unpaired) electrons. The lowest BCUT2D eigenvalue weighted by atomic mass is 10.4. The first kappa shape index (κ1) is 14.1. The van der Waals surface area contributed by atoms with Crippen molar-refractivity contribution in [2.75, 3.05) is 30.4 Å². The Kier molecular flexibility index (Phi) is 4.33. The molecule has 1 aromatic heterocycles. The lowest BCUT2D eigenvalue weighted by molar-refractivity contribution is -0.384. The fourth-order valence-corrected chi connectivity index (χ4v) is 1.54. The van der Waals surface area contributed by atoms with Crippen molar-refractivity contribution in [2.24, 2.45) is 0 Å². The predicted octanol–water partition coefficient (Wildman–Crippen LogP) is -1.07. The van der Waals surface area contributed by atoms with Gasteiger partial charge in [-0.1, -0.05) is 0 Å². The molecule has 0 unspecified atom stereocenters. The van der Waals surface area contributed by atoms with Crippen LogP contribution < -0.4 is 15.8 Å². The van der Waals surface area contributed by atoms with Crippen molar-refractivity contribution in [1.82, 2.24) is 14.7 Å². The zero-order valence-corrected chi connectivity index (χ0v) is 10.3. The molecule has 0 fully saturated rings. The Morgan fingerprint density at radius 2 is 2.17 bits per heavy atom. The van der Waals surface area contributed by atoms with E-state index in [0.717, 1.165) is 12.5 Å². The van der Waals surface area contributed by atoms with E-state index in [-0.39, 0.29) is 30.5 Å². The van der Waals surface area contributed by atoms with Crippen LogP contribution in [0.15, 0.2) is 6.20 Å². The minimum Gasteiger partial charge on any atom is -0.368 e. The Labute approximate surface area is 103 Å². The zero-order valence-electron chi connectivity index (χ0n) is 9.45. The van der Waals surface area contributed by atoms with E-state index in [9.17, 15) is 18.5 Å². The van der Waals surface area contributed by atoms with Gasteiger partial charge in [-0.05, 0) is 0 Å². The standard InChI is InChI=1S/C7H12N6O4S/c1-18(16,17)11-3-2-9-6-5(13(14)15)4-10-7(8)12-6/h4,11H,2-3H2,1H3,(H3,8,9,10,12). The molecule has 0 atom stereocenters. The summed E-state index contributed by atoms with van der Waals surface area (Å²) in [7, 11) is -3.29. The van der Waals surface area contributed by atoms with Gasteiger partial charge in [-0.25, -0.2) is 18.1 Å². The normalized spacial score (nSPS) is 11.2. The van der Waals surface area contributed by atoms with Crippen molar-refractivity contribution < 1.29 is 13.3 Å². The molecule has 0 aromatic carbocycles. The molecule has 11 heteroatoms. The average Bonchev–Trinajstić information content (AvgIpc) is 2.22. The second kappa shape index (κ2) is 5.55. The number of nitrogens with one attached hydrogen (secondary N) is 2. The molecular formula is C7H12N6O4S. The van der Waals surface area contributed by atoms with Crippen molar-refractivity contribution in [3.63, 3.8) is 0 Å². The molecule has 0 bridgehead atoms. The molecule has 0 spiro atoms. The molecule has 1 rings (SSSR count). The molecule has 0 amide bonds. The summed E-state index contributed by atoms with van der Waals surface area (Å²) in [6.07, 6.45) is 1.99. The third-order valence-corrected chi connectivity index (χ3v) is 2.49. The number of aromatic nitrogens is 2. The summed E-state index contributed by atoms with van der Waals surface area (Å²) in [5.41, 5.74) is 4.97. The first-order valence-corrected chi connectivity index (χ1v) is 6.64. The molecule has 0 saturated heterocycles. The molecule has 0 aliphatic heterocycles. The van der Waals surface area contributed by atoms with Crippen LogP contribution >= 0.6 is 0 Å². The van der Waals surface area contributed by atoms with Gasteiger partial charge in [-0.15, -0.1) is 0 Å². The van der Waals surface area contributed by atoms with Gasteiger partial charge in [0.25, 0.3) is 0 Å². The fourth-order valence-electron chi connectivity index (χ4n) is 1.07. The van der Waals surface area contributed by atoms with E-state index in [4.69, 9.17) is 5.73 Å². The van der Waals surface area contributed by atoms with Gasteiger partial charge in [0.05, 0.1) is 11.2 Å². The number of hydrogen-bond donors (Lipinski definition) is 3. The highest BCUT2D eigenvalue weighted by Gasteiger charge is 2.16. The molecule has 1 heterocycles. The third-order valence-electron chi connectivity index (χ3n) is 1.77. The minimum atomic E-state index is -3.29. The Morgan fingerprint density at radius 3 is 2.72 bits per heavy atom. The monoisotopic (exact) mass is 276 g/mol. The molecule has 0 saturated carbocycles. The van der Waals surface area contributed by atoms with Crippen LogP contribution in [0.4, 0.5) is 17.5 Å².